The highest BCUT2D eigenvalue weighted by Crippen LogP contribution is 2.23. The Morgan fingerprint density at radius 2 is 2.29 bits per heavy atom. The van der Waals surface area contributed by atoms with Crippen molar-refractivity contribution in [3.63, 3.8) is 0 Å². The van der Waals surface area contributed by atoms with Crippen LogP contribution in [-0.4, -0.2) is 5.91 Å². The summed E-state index contributed by atoms with van der Waals surface area (Å²) in [6, 6.07) is 2.79. The summed E-state index contributed by atoms with van der Waals surface area (Å²) in [6.07, 6.45) is 4.87. The number of hydrogen-bond acceptors (Lipinski definition) is 1. The minimum absolute atomic E-state index is 0.355. The number of amides is 1. The summed E-state index contributed by atoms with van der Waals surface area (Å²) in [7, 11) is 0. The fourth-order valence-electron chi connectivity index (χ4n) is 0.939. The van der Waals surface area contributed by atoms with Crippen molar-refractivity contribution in [1.82, 2.24) is 0 Å². The minimum atomic E-state index is -0.588. The van der Waals surface area contributed by atoms with Crippen LogP contribution in [0.4, 0.5) is 10.1 Å². The standard InChI is InChI=1S/C10H7BrFNO/c1-3-10(14)13-9-5-8(12)7(11)4-6(9)2/h1,4-5H,2H3,(H,13,14). The van der Waals surface area contributed by atoms with E-state index in [1.54, 1.807) is 13.0 Å². The monoisotopic (exact) mass is 255 g/mol. The molecule has 0 aromatic heterocycles. The molecule has 72 valence electrons. The van der Waals surface area contributed by atoms with Gasteiger partial charge in [0, 0.05) is 5.69 Å². The summed E-state index contributed by atoms with van der Waals surface area (Å²) in [4.78, 5) is 10.8. The van der Waals surface area contributed by atoms with E-state index in [1.165, 1.54) is 6.07 Å². The van der Waals surface area contributed by atoms with Gasteiger partial charge in [0.25, 0.3) is 5.91 Å². The zero-order chi connectivity index (χ0) is 10.7. The molecule has 1 amide bonds. The van der Waals surface area contributed by atoms with Crippen molar-refractivity contribution in [3.8, 4) is 12.3 Å². The number of hydrogen-bond donors (Lipinski definition) is 1. The van der Waals surface area contributed by atoms with E-state index in [-0.39, 0.29) is 0 Å². The molecule has 4 heteroatoms. The Morgan fingerprint density at radius 1 is 1.64 bits per heavy atom. The van der Waals surface area contributed by atoms with Crippen molar-refractivity contribution in [2.45, 2.75) is 6.92 Å². The number of carbonyl (C=O) groups excluding carboxylic acids is 1. The molecular formula is C10H7BrFNO. The van der Waals surface area contributed by atoms with Crippen molar-refractivity contribution >= 4 is 27.5 Å². The highest BCUT2D eigenvalue weighted by molar-refractivity contribution is 9.10. The molecule has 0 heterocycles. The molecule has 2 nitrogen and oxygen atoms in total. The number of aryl methyl sites for hydroxylation is 1. The lowest BCUT2D eigenvalue weighted by Crippen LogP contribution is -2.09. The first-order valence-corrected chi connectivity index (χ1v) is 4.57. The molecule has 0 atom stereocenters. The van der Waals surface area contributed by atoms with Gasteiger partial charge in [0.05, 0.1) is 4.47 Å². The van der Waals surface area contributed by atoms with Gasteiger partial charge in [-0.05, 0) is 46.5 Å². The Morgan fingerprint density at radius 3 is 2.86 bits per heavy atom. The van der Waals surface area contributed by atoms with Crippen molar-refractivity contribution in [3.05, 3.63) is 28.0 Å². The fraction of sp³-hybridized carbons (Fsp3) is 0.100. The maximum Gasteiger partial charge on any atom is 0.300 e. The summed E-state index contributed by atoms with van der Waals surface area (Å²) in [5.74, 6) is 0.861. The lowest BCUT2D eigenvalue weighted by atomic mass is 10.2. The van der Waals surface area contributed by atoms with Gasteiger partial charge in [0.2, 0.25) is 0 Å². The van der Waals surface area contributed by atoms with Crippen LogP contribution in [0.2, 0.25) is 0 Å². The van der Waals surface area contributed by atoms with Gasteiger partial charge in [0.1, 0.15) is 5.82 Å². The number of carbonyl (C=O) groups is 1. The average molecular weight is 256 g/mol. The van der Waals surface area contributed by atoms with Gasteiger partial charge in [-0.1, -0.05) is 0 Å². The first-order chi connectivity index (χ1) is 6.54. The number of nitrogens with one attached hydrogen (secondary N) is 1. The van der Waals surface area contributed by atoms with E-state index in [1.807, 2.05) is 5.92 Å². The zero-order valence-corrected chi connectivity index (χ0v) is 8.98. The van der Waals surface area contributed by atoms with Gasteiger partial charge >= 0.3 is 0 Å². The third-order valence-corrected chi connectivity index (χ3v) is 2.25. The second kappa shape index (κ2) is 4.25. The molecule has 1 aromatic carbocycles. The molecule has 1 rings (SSSR count). The molecular weight excluding hydrogens is 249 g/mol. The van der Waals surface area contributed by atoms with Crippen LogP contribution in [0.5, 0.6) is 0 Å². The van der Waals surface area contributed by atoms with E-state index in [0.29, 0.717) is 10.2 Å². The molecule has 0 saturated heterocycles. The van der Waals surface area contributed by atoms with Crippen molar-refractivity contribution in [2.75, 3.05) is 5.32 Å². The van der Waals surface area contributed by atoms with Crippen molar-refractivity contribution in [1.29, 1.82) is 0 Å². The average Bonchev–Trinajstić information content (AvgIpc) is 2.14. The van der Waals surface area contributed by atoms with E-state index >= 15 is 0 Å². The molecule has 0 spiro atoms. The van der Waals surface area contributed by atoms with Crippen LogP contribution >= 0.6 is 15.9 Å². The molecule has 0 bridgehead atoms. The lowest BCUT2D eigenvalue weighted by molar-refractivity contribution is -0.111. The second-order valence-electron chi connectivity index (χ2n) is 2.68. The molecule has 1 N–H and O–H groups in total. The highest BCUT2D eigenvalue weighted by Gasteiger charge is 2.06. The Kier molecular flexibility index (Phi) is 3.26. The summed E-state index contributed by atoms with van der Waals surface area (Å²) in [6.45, 7) is 1.75. The van der Waals surface area contributed by atoms with Gasteiger partial charge in [-0.3, -0.25) is 4.79 Å². The fourth-order valence-corrected chi connectivity index (χ4v) is 1.40. The van der Waals surface area contributed by atoms with Crippen LogP contribution in [0.25, 0.3) is 0 Å². The van der Waals surface area contributed by atoms with Crippen molar-refractivity contribution < 1.29 is 9.18 Å². The van der Waals surface area contributed by atoms with Crippen LogP contribution in [0.1, 0.15) is 5.56 Å². The molecule has 0 saturated carbocycles. The molecule has 0 radical (unpaired) electrons. The minimum Gasteiger partial charge on any atom is -0.315 e. The smallest absolute Gasteiger partial charge is 0.300 e. The van der Waals surface area contributed by atoms with Gasteiger partial charge in [-0.15, -0.1) is 6.42 Å². The summed E-state index contributed by atoms with van der Waals surface area (Å²) < 4.78 is 13.4. The Bertz CT molecular complexity index is 423. The number of terminal acetylenes is 1. The topological polar surface area (TPSA) is 29.1 Å². The Balaban J connectivity index is 3.05. The number of halogens is 2. The van der Waals surface area contributed by atoms with Gasteiger partial charge in [0.15, 0.2) is 0 Å². The largest absolute Gasteiger partial charge is 0.315 e. The van der Waals surface area contributed by atoms with Crippen LogP contribution in [0, 0.1) is 25.1 Å². The van der Waals surface area contributed by atoms with Gasteiger partial charge in [-0.25, -0.2) is 4.39 Å². The zero-order valence-electron chi connectivity index (χ0n) is 7.40. The van der Waals surface area contributed by atoms with Crippen molar-refractivity contribution in [2.24, 2.45) is 0 Å². The van der Waals surface area contributed by atoms with E-state index < -0.39 is 11.7 Å². The number of benzene rings is 1. The van der Waals surface area contributed by atoms with Crippen LogP contribution in [0.15, 0.2) is 16.6 Å². The van der Waals surface area contributed by atoms with E-state index in [9.17, 15) is 9.18 Å². The van der Waals surface area contributed by atoms with E-state index in [0.717, 1.165) is 5.56 Å². The molecule has 0 aliphatic rings. The maximum atomic E-state index is 13.1. The Labute approximate surface area is 89.6 Å². The molecule has 0 fully saturated rings. The van der Waals surface area contributed by atoms with Gasteiger partial charge in [-0.2, -0.15) is 0 Å². The van der Waals surface area contributed by atoms with E-state index in [2.05, 4.69) is 21.2 Å². The maximum absolute atomic E-state index is 13.1. The second-order valence-corrected chi connectivity index (χ2v) is 3.53. The molecule has 1 aromatic rings. The predicted octanol–water partition coefficient (Wildman–Crippen LogP) is 2.47. The van der Waals surface area contributed by atoms with Crippen LogP contribution < -0.4 is 5.32 Å². The highest BCUT2D eigenvalue weighted by atomic mass is 79.9. The molecule has 0 aliphatic carbocycles. The Hall–Kier alpha value is -1.34. The van der Waals surface area contributed by atoms with E-state index in [4.69, 9.17) is 6.42 Å². The first-order valence-electron chi connectivity index (χ1n) is 3.78. The summed E-state index contributed by atoms with van der Waals surface area (Å²) >= 11 is 3.04. The third-order valence-electron chi connectivity index (χ3n) is 1.65. The van der Waals surface area contributed by atoms with Gasteiger partial charge < -0.3 is 5.32 Å². The SMILES string of the molecule is C#CC(=O)Nc1cc(F)c(Br)cc1C. The predicted molar refractivity (Wildman–Crippen MR) is 56.3 cm³/mol. The normalized spacial score (nSPS) is 9.29. The molecule has 0 unspecified atom stereocenters. The number of anilines is 1. The van der Waals surface area contributed by atoms with Crippen LogP contribution in [-0.2, 0) is 4.79 Å². The number of rotatable bonds is 1. The third kappa shape index (κ3) is 2.33. The molecule has 0 aliphatic heterocycles. The molecule has 14 heavy (non-hydrogen) atoms. The van der Waals surface area contributed by atoms with Crippen LogP contribution in [0.3, 0.4) is 0 Å². The summed E-state index contributed by atoms with van der Waals surface area (Å²) in [5, 5.41) is 2.39. The summed E-state index contributed by atoms with van der Waals surface area (Å²) in [5.41, 5.74) is 1.12. The quantitative estimate of drug-likeness (QED) is 0.768. The lowest BCUT2D eigenvalue weighted by Gasteiger charge is -2.06. The first kappa shape index (κ1) is 10.7.